The van der Waals surface area contributed by atoms with Crippen LogP contribution in [0.4, 0.5) is 5.69 Å². The molecule has 3 aliphatic heterocycles. The molecule has 1 spiro atoms. The van der Waals surface area contributed by atoms with Gasteiger partial charge in [0.1, 0.15) is 5.41 Å². The van der Waals surface area contributed by atoms with Gasteiger partial charge in [0.05, 0.1) is 12.7 Å². The highest BCUT2D eigenvalue weighted by molar-refractivity contribution is 6.07. The molecule has 0 radical (unpaired) electrons. The highest BCUT2D eigenvalue weighted by atomic mass is 16.5. The van der Waals surface area contributed by atoms with E-state index in [0.29, 0.717) is 17.9 Å². The van der Waals surface area contributed by atoms with Crippen LogP contribution in [0.5, 0.6) is 0 Å². The van der Waals surface area contributed by atoms with E-state index in [4.69, 9.17) is 4.74 Å². The van der Waals surface area contributed by atoms with Crippen molar-refractivity contribution in [3.8, 4) is 0 Å². The summed E-state index contributed by atoms with van der Waals surface area (Å²) in [6.07, 6.45) is 3.17. The van der Waals surface area contributed by atoms with E-state index in [1.54, 1.807) is 0 Å². The van der Waals surface area contributed by atoms with E-state index in [1.165, 1.54) is 0 Å². The van der Waals surface area contributed by atoms with Crippen molar-refractivity contribution in [1.29, 1.82) is 0 Å². The Hall–Kier alpha value is -1.65. The molecular weight excluding hydrogens is 300 g/mol. The minimum Gasteiger partial charge on any atom is -0.376 e. The third-order valence-electron chi connectivity index (χ3n) is 7.93. The van der Waals surface area contributed by atoms with Gasteiger partial charge in [0.25, 0.3) is 0 Å². The standard InChI is InChI=1S/C20H22N2O2/c1-3-19-10-22(2)16-11-9-24-15(8-13(11)19)20(17(16)19)12-6-4-5-7-14(12)21-18(20)23/h3-7,11,13,15-17H,1,8-10H2,2H3,(H,21,23)/t11?,13?,15?,16?,17-,19-,20+/m0/s1. The van der Waals surface area contributed by atoms with Crippen LogP contribution in [-0.4, -0.2) is 43.2 Å². The topological polar surface area (TPSA) is 41.6 Å². The quantitative estimate of drug-likeness (QED) is 0.805. The second-order valence-electron chi connectivity index (χ2n) is 8.40. The van der Waals surface area contributed by atoms with Crippen LogP contribution in [-0.2, 0) is 14.9 Å². The van der Waals surface area contributed by atoms with Crippen molar-refractivity contribution in [2.24, 2.45) is 23.2 Å². The molecule has 1 aromatic carbocycles. The Morgan fingerprint density at radius 3 is 3.08 bits per heavy atom. The highest BCUT2D eigenvalue weighted by Gasteiger charge is 2.79. The SMILES string of the molecule is C=C[C@]12CN(C)C3C4COC(CC41)[C@@]1(C(=O)Nc4ccccc41)[C@@H]32. The molecule has 4 nitrogen and oxygen atoms in total. The predicted molar refractivity (Wildman–Crippen MR) is 90.6 cm³/mol. The van der Waals surface area contributed by atoms with Gasteiger partial charge in [-0.3, -0.25) is 4.79 Å². The largest absolute Gasteiger partial charge is 0.376 e. The third kappa shape index (κ3) is 1.12. The third-order valence-corrected chi connectivity index (χ3v) is 7.93. The molecule has 1 N–H and O–H groups in total. The summed E-state index contributed by atoms with van der Waals surface area (Å²) in [5, 5.41) is 3.18. The van der Waals surface area contributed by atoms with Gasteiger partial charge in [0.15, 0.2) is 0 Å². The number of nitrogens with zero attached hydrogens (tertiary/aromatic N) is 1. The van der Waals surface area contributed by atoms with Crippen LogP contribution in [0.25, 0.3) is 0 Å². The minimum absolute atomic E-state index is 0.00280. The van der Waals surface area contributed by atoms with Crippen molar-refractivity contribution in [3.05, 3.63) is 42.5 Å². The van der Waals surface area contributed by atoms with Gasteiger partial charge in [-0.15, -0.1) is 6.58 Å². The summed E-state index contributed by atoms with van der Waals surface area (Å²) >= 11 is 0. The molecule has 5 bridgehead atoms. The summed E-state index contributed by atoms with van der Waals surface area (Å²) in [7, 11) is 2.21. The van der Waals surface area contributed by atoms with Gasteiger partial charge in [-0.25, -0.2) is 0 Å². The van der Waals surface area contributed by atoms with E-state index < -0.39 is 5.41 Å². The number of benzene rings is 1. The lowest BCUT2D eigenvalue weighted by molar-refractivity contribution is -0.153. The number of fused-ring (bicyclic) bond motifs is 5. The zero-order chi connectivity index (χ0) is 16.3. The first-order valence-electron chi connectivity index (χ1n) is 9.01. The van der Waals surface area contributed by atoms with Gasteiger partial charge in [0.2, 0.25) is 5.91 Å². The van der Waals surface area contributed by atoms with Crippen LogP contribution in [0.2, 0.25) is 0 Å². The van der Waals surface area contributed by atoms with Crippen LogP contribution in [0.15, 0.2) is 36.9 Å². The molecule has 2 aliphatic carbocycles. The normalized spacial score (nSPS) is 50.4. The molecule has 2 saturated heterocycles. The number of hydrogen-bond donors (Lipinski definition) is 1. The Kier molecular flexibility index (Phi) is 2.24. The van der Waals surface area contributed by atoms with Crippen LogP contribution in [0.1, 0.15) is 12.0 Å². The number of amides is 1. The molecule has 6 rings (SSSR count). The van der Waals surface area contributed by atoms with E-state index in [2.05, 4.69) is 42.1 Å². The lowest BCUT2D eigenvalue weighted by atomic mass is 9.51. The van der Waals surface area contributed by atoms with E-state index >= 15 is 0 Å². The summed E-state index contributed by atoms with van der Waals surface area (Å²) in [6, 6.07) is 8.64. The molecule has 2 saturated carbocycles. The maximum Gasteiger partial charge on any atom is 0.238 e. The van der Waals surface area contributed by atoms with E-state index in [0.717, 1.165) is 30.8 Å². The molecule has 3 heterocycles. The Balaban J connectivity index is 1.69. The van der Waals surface area contributed by atoms with Gasteiger partial charge in [0, 0.05) is 35.5 Å². The van der Waals surface area contributed by atoms with Crippen molar-refractivity contribution in [2.45, 2.75) is 24.0 Å². The average Bonchev–Trinajstić information content (AvgIpc) is 3.08. The summed E-state index contributed by atoms with van der Waals surface area (Å²) in [4.78, 5) is 15.9. The molecule has 7 atom stereocenters. The number of piperidine rings is 1. The first-order chi connectivity index (χ1) is 11.6. The molecule has 1 aromatic rings. The summed E-state index contributed by atoms with van der Waals surface area (Å²) < 4.78 is 6.34. The maximum atomic E-state index is 13.4. The smallest absolute Gasteiger partial charge is 0.238 e. The van der Waals surface area contributed by atoms with Gasteiger partial charge in [-0.2, -0.15) is 0 Å². The Bertz CT molecular complexity index is 792. The summed E-state index contributed by atoms with van der Waals surface area (Å²) in [5.41, 5.74) is 1.61. The van der Waals surface area contributed by atoms with Crippen molar-refractivity contribution < 1.29 is 9.53 Å². The van der Waals surface area contributed by atoms with E-state index in [1.807, 2.05) is 12.1 Å². The fourth-order valence-electron chi connectivity index (χ4n) is 7.38. The zero-order valence-corrected chi connectivity index (χ0v) is 13.9. The van der Waals surface area contributed by atoms with Crippen molar-refractivity contribution in [3.63, 3.8) is 0 Å². The number of hydrogen-bond acceptors (Lipinski definition) is 3. The van der Waals surface area contributed by atoms with E-state index in [9.17, 15) is 4.79 Å². The molecule has 0 aromatic heterocycles. The second-order valence-corrected chi connectivity index (χ2v) is 8.40. The van der Waals surface area contributed by atoms with Crippen LogP contribution < -0.4 is 5.32 Å². The number of carbonyl (C=O) groups excluding carboxylic acids is 1. The van der Waals surface area contributed by atoms with Crippen molar-refractivity contribution in [1.82, 2.24) is 4.90 Å². The van der Waals surface area contributed by atoms with Gasteiger partial charge < -0.3 is 15.0 Å². The number of para-hydroxylation sites is 1. The predicted octanol–water partition coefficient (Wildman–Crippen LogP) is 2.03. The van der Waals surface area contributed by atoms with Crippen LogP contribution in [0, 0.1) is 23.2 Å². The second kappa shape index (κ2) is 3.94. The molecule has 1 amide bonds. The zero-order valence-electron chi connectivity index (χ0n) is 13.9. The Morgan fingerprint density at radius 2 is 2.25 bits per heavy atom. The van der Waals surface area contributed by atoms with Crippen molar-refractivity contribution in [2.75, 3.05) is 25.5 Å². The van der Waals surface area contributed by atoms with Crippen LogP contribution in [0.3, 0.4) is 0 Å². The molecule has 4 fully saturated rings. The molecular formula is C20H22N2O2. The number of likely N-dealkylation sites (tertiary alicyclic amines) is 1. The fraction of sp³-hybridized carbons (Fsp3) is 0.550. The van der Waals surface area contributed by atoms with E-state index in [-0.39, 0.29) is 23.3 Å². The monoisotopic (exact) mass is 322 g/mol. The van der Waals surface area contributed by atoms with Gasteiger partial charge >= 0.3 is 0 Å². The number of rotatable bonds is 1. The molecule has 5 aliphatic rings. The number of ether oxygens (including phenoxy) is 1. The first kappa shape index (κ1) is 13.6. The summed E-state index contributed by atoms with van der Waals surface area (Å²) in [5.74, 6) is 1.56. The lowest BCUT2D eigenvalue weighted by Crippen LogP contribution is -2.62. The maximum absolute atomic E-state index is 13.4. The lowest BCUT2D eigenvalue weighted by Gasteiger charge is -2.54. The first-order valence-corrected chi connectivity index (χ1v) is 9.01. The molecule has 24 heavy (non-hydrogen) atoms. The minimum atomic E-state index is -0.554. The molecule has 4 heteroatoms. The van der Waals surface area contributed by atoms with Gasteiger partial charge in [-0.1, -0.05) is 24.3 Å². The Labute approximate surface area is 141 Å². The van der Waals surface area contributed by atoms with Crippen LogP contribution >= 0.6 is 0 Å². The highest BCUT2D eigenvalue weighted by Crippen LogP contribution is 2.73. The summed E-state index contributed by atoms with van der Waals surface area (Å²) in [6.45, 7) is 6.06. The number of carbonyl (C=O) groups is 1. The average molecular weight is 322 g/mol. The Morgan fingerprint density at radius 1 is 1.42 bits per heavy atom. The fourth-order valence-corrected chi connectivity index (χ4v) is 7.38. The van der Waals surface area contributed by atoms with Gasteiger partial charge in [-0.05, 0) is 31.0 Å². The van der Waals surface area contributed by atoms with Crippen molar-refractivity contribution >= 4 is 11.6 Å². The number of nitrogens with one attached hydrogen (secondary N) is 1. The molecule has 4 unspecified atom stereocenters. The number of anilines is 1. The molecule has 124 valence electrons.